The molecule has 2 N–H and O–H groups in total. The number of carbonyl (C=O) groups excluding carboxylic acids is 1. The molecule has 14 heavy (non-hydrogen) atoms. The van der Waals surface area contributed by atoms with Crippen LogP contribution in [0.3, 0.4) is 0 Å². The Morgan fingerprint density at radius 2 is 2.43 bits per heavy atom. The third kappa shape index (κ3) is 2.08. The number of carbonyl (C=O) groups is 1. The normalized spacial score (nSPS) is 25.5. The third-order valence-corrected chi connectivity index (χ3v) is 2.25. The van der Waals surface area contributed by atoms with Crippen LogP contribution in [0.1, 0.15) is 12.8 Å². The van der Waals surface area contributed by atoms with Gasteiger partial charge in [0, 0.05) is 6.04 Å². The summed E-state index contributed by atoms with van der Waals surface area (Å²) in [4.78, 5) is 15.1. The molecule has 6 nitrogen and oxygen atoms in total. The summed E-state index contributed by atoms with van der Waals surface area (Å²) in [5, 5.41) is 15.6. The molecule has 1 saturated carbocycles. The fraction of sp³-hybridized carbons (Fsp3) is 0.625. The Labute approximate surface area is 80.9 Å². The van der Waals surface area contributed by atoms with E-state index in [0.717, 1.165) is 0 Å². The van der Waals surface area contributed by atoms with Crippen molar-refractivity contribution >= 4 is 5.91 Å². The van der Waals surface area contributed by atoms with E-state index in [1.165, 1.54) is 17.3 Å². The van der Waals surface area contributed by atoms with E-state index in [0.29, 0.717) is 12.8 Å². The summed E-state index contributed by atoms with van der Waals surface area (Å²) in [6.07, 6.45) is 3.95. The predicted molar refractivity (Wildman–Crippen MR) is 47.2 cm³/mol. The lowest BCUT2D eigenvalue weighted by Crippen LogP contribution is -2.47. The predicted octanol–water partition coefficient (Wildman–Crippen LogP) is -1.08. The van der Waals surface area contributed by atoms with E-state index in [4.69, 9.17) is 5.11 Å². The highest BCUT2D eigenvalue weighted by Crippen LogP contribution is 2.18. The Bertz CT molecular complexity index is 305. The monoisotopic (exact) mass is 196 g/mol. The minimum absolute atomic E-state index is 0.0904. The summed E-state index contributed by atoms with van der Waals surface area (Å²) in [7, 11) is 0. The van der Waals surface area contributed by atoms with Gasteiger partial charge in [-0.05, 0) is 12.8 Å². The number of nitrogens with one attached hydrogen (secondary N) is 1. The number of aliphatic hydroxyl groups excluding tert-OH is 1. The molecule has 1 heterocycles. The summed E-state index contributed by atoms with van der Waals surface area (Å²) in [5.41, 5.74) is 0. The minimum Gasteiger partial charge on any atom is -0.393 e. The summed E-state index contributed by atoms with van der Waals surface area (Å²) >= 11 is 0. The van der Waals surface area contributed by atoms with Crippen molar-refractivity contribution in [1.29, 1.82) is 0 Å². The van der Waals surface area contributed by atoms with Crippen LogP contribution in [0.4, 0.5) is 0 Å². The van der Waals surface area contributed by atoms with E-state index in [1.807, 2.05) is 0 Å². The highest BCUT2D eigenvalue weighted by atomic mass is 16.3. The second-order valence-electron chi connectivity index (χ2n) is 3.48. The molecular weight excluding hydrogens is 184 g/mol. The first kappa shape index (κ1) is 9.14. The van der Waals surface area contributed by atoms with Crippen molar-refractivity contribution in [3.8, 4) is 0 Å². The Morgan fingerprint density at radius 1 is 1.64 bits per heavy atom. The largest absolute Gasteiger partial charge is 0.393 e. The molecule has 6 heteroatoms. The van der Waals surface area contributed by atoms with Gasteiger partial charge in [-0.2, -0.15) is 5.10 Å². The van der Waals surface area contributed by atoms with Crippen LogP contribution in [0.15, 0.2) is 12.7 Å². The zero-order chi connectivity index (χ0) is 9.97. The molecule has 2 rings (SSSR count). The first-order chi connectivity index (χ1) is 6.74. The maximum absolute atomic E-state index is 11.3. The minimum atomic E-state index is -0.244. The van der Waals surface area contributed by atoms with Crippen LogP contribution in [0.25, 0.3) is 0 Å². The van der Waals surface area contributed by atoms with E-state index in [-0.39, 0.29) is 24.6 Å². The van der Waals surface area contributed by atoms with Crippen LogP contribution in [0, 0.1) is 0 Å². The lowest BCUT2D eigenvalue weighted by atomic mass is 9.89. The molecule has 76 valence electrons. The van der Waals surface area contributed by atoms with E-state index in [2.05, 4.69) is 15.4 Å². The molecule has 0 spiro atoms. The van der Waals surface area contributed by atoms with E-state index < -0.39 is 0 Å². The fourth-order valence-corrected chi connectivity index (χ4v) is 1.44. The van der Waals surface area contributed by atoms with Crippen LogP contribution < -0.4 is 5.32 Å². The first-order valence-corrected chi connectivity index (χ1v) is 4.54. The fourth-order valence-electron chi connectivity index (χ4n) is 1.44. The van der Waals surface area contributed by atoms with Crippen molar-refractivity contribution < 1.29 is 9.90 Å². The SMILES string of the molecule is O=C(Cn1cncn1)NC1CC(O)C1. The molecule has 0 unspecified atom stereocenters. The average molecular weight is 196 g/mol. The number of rotatable bonds is 3. The summed E-state index contributed by atoms with van der Waals surface area (Å²) < 4.78 is 1.46. The van der Waals surface area contributed by atoms with Crippen LogP contribution in [-0.2, 0) is 11.3 Å². The average Bonchev–Trinajstić information content (AvgIpc) is 2.54. The van der Waals surface area contributed by atoms with Gasteiger partial charge in [0.15, 0.2) is 0 Å². The molecule has 1 aromatic heterocycles. The van der Waals surface area contributed by atoms with E-state index >= 15 is 0 Å². The molecule has 0 aromatic carbocycles. The zero-order valence-corrected chi connectivity index (χ0v) is 7.63. The smallest absolute Gasteiger partial charge is 0.242 e. The van der Waals surface area contributed by atoms with Crippen LogP contribution >= 0.6 is 0 Å². The van der Waals surface area contributed by atoms with Gasteiger partial charge in [0.05, 0.1) is 6.10 Å². The van der Waals surface area contributed by atoms with Gasteiger partial charge in [0.1, 0.15) is 19.2 Å². The topological polar surface area (TPSA) is 80.0 Å². The molecule has 1 amide bonds. The molecule has 0 saturated heterocycles. The number of aromatic nitrogens is 3. The number of hydrogen-bond acceptors (Lipinski definition) is 4. The first-order valence-electron chi connectivity index (χ1n) is 4.54. The van der Waals surface area contributed by atoms with Crippen molar-refractivity contribution in [2.75, 3.05) is 0 Å². The summed E-state index contributed by atoms with van der Waals surface area (Å²) in [6.45, 7) is 0.187. The zero-order valence-electron chi connectivity index (χ0n) is 7.63. The molecule has 1 aliphatic carbocycles. The van der Waals surface area contributed by atoms with Crippen molar-refractivity contribution in [3.63, 3.8) is 0 Å². The van der Waals surface area contributed by atoms with Crippen molar-refractivity contribution in [3.05, 3.63) is 12.7 Å². The molecule has 1 fully saturated rings. The Kier molecular flexibility index (Phi) is 2.45. The number of amides is 1. The highest BCUT2D eigenvalue weighted by molar-refractivity contribution is 5.76. The molecule has 1 aromatic rings. The molecule has 1 aliphatic rings. The summed E-state index contributed by atoms with van der Waals surface area (Å²) in [6, 6.07) is 0.126. The molecule has 0 radical (unpaired) electrons. The lowest BCUT2D eigenvalue weighted by Gasteiger charge is -2.31. The van der Waals surface area contributed by atoms with Gasteiger partial charge in [-0.25, -0.2) is 9.67 Å². The van der Waals surface area contributed by atoms with Gasteiger partial charge in [0.25, 0.3) is 0 Å². The molecular formula is C8H12N4O2. The van der Waals surface area contributed by atoms with E-state index in [1.54, 1.807) is 0 Å². The maximum Gasteiger partial charge on any atom is 0.242 e. The van der Waals surface area contributed by atoms with Crippen molar-refractivity contribution in [2.45, 2.75) is 31.5 Å². The van der Waals surface area contributed by atoms with Gasteiger partial charge in [-0.1, -0.05) is 0 Å². The Morgan fingerprint density at radius 3 is 3.00 bits per heavy atom. The van der Waals surface area contributed by atoms with Crippen LogP contribution in [0.2, 0.25) is 0 Å². The van der Waals surface area contributed by atoms with Gasteiger partial charge < -0.3 is 10.4 Å². The quantitative estimate of drug-likeness (QED) is 0.644. The van der Waals surface area contributed by atoms with Crippen LogP contribution in [-0.4, -0.2) is 37.9 Å². The molecule has 0 aliphatic heterocycles. The Hall–Kier alpha value is -1.43. The van der Waals surface area contributed by atoms with Crippen LogP contribution in [0.5, 0.6) is 0 Å². The maximum atomic E-state index is 11.3. The Balaban J connectivity index is 1.74. The van der Waals surface area contributed by atoms with Gasteiger partial charge in [-0.15, -0.1) is 0 Å². The van der Waals surface area contributed by atoms with E-state index in [9.17, 15) is 4.79 Å². The summed E-state index contributed by atoms with van der Waals surface area (Å²) in [5.74, 6) is -0.0904. The third-order valence-electron chi connectivity index (χ3n) is 2.25. The van der Waals surface area contributed by atoms with Gasteiger partial charge >= 0.3 is 0 Å². The van der Waals surface area contributed by atoms with Gasteiger partial charge in [0.2, 0.25) is 5.91 Å². The highest BCUT2D eigenvalue weighted by Gasteiger charge is 2.28. The number of nitrogens with zero attached hydrogens (tertiary/aromatic N) is 3. The lowest BCUT2D eigenvalue weighted by molar-refractivity contribution is -0.123. The molecule has 0 atom stereocenters. The number of hydrogen-bond donors (Lipinski definition) is 2. The standard InChI is InChI=1S/C8H12N4O2/c13-7-1-6(2-7)11-8(14)3-12-5-9-4-10-12/h4-7,13H,1-3H2,(H,11,14). The number of aliphatic hydroxyl groups is 1. The van der Waals surface area contributed by atoms with Gasteiger partial charge in [-0.3, -0.25) is 4.79 Å². The second kappa shape index (κ2) is 3.75. The van der Waals surface area contributed by atoms with Crippen molar-refractivity contribution in [1.82, 2.24) is 20.1 Å². The molecule has 0 bridgehead atoms. The van der Waals surface area contributed by atoms with Crippen molar-refractivity contribution in [2.24, 2.45) is 0 Å². The second-order valence-corrected chi connectivity index (χ2v) is 3.48.